The molecule has 0 aliphatic carbocycles. The molecule has 2 N–H and O–H groups in total. The van der Waals surface area contributed by atoms with Gasteiger partial charge in [-0.15, -0.1) is 0 Å². The number of hydrogen-bond donors (Lipinski definition) is 2. The number of nitrogens with one attached hydrogen (secondary N) is 2. The number of anilines is 1. The Kier molecular flexibility index (Phi) is 7.30. The molecule has 2 aromatic carbocycles. The van der Waals surface area contributed by atoms with Gasteiger partial charge in [0.15, 0.2) is 0 Å². The van der Waals surface area contributed by atoms with E-state index in [1.807, 2.05) is 37.3 Å². The minimum absolute atomic E-state index is 0.0488. The van der Waals surface area contributed by atoms with E-state index in [-0.39, 0.29) is 23.8 Å². The maximum Gasteiger partial charge on any atom is 0.416 e. The molecule has 3 aromatic heterocycles. The topological polar surface area (TPSA) is 101 Å². The van der Waals surface area contributed by atoms with E-state index in [2.05, 4.69) is 20.0 Å². The standard InChI is InChI=1S/C28H25F3N6O2S/c1-18(19-8-4-3-5-9-19)34-27-32-14-13-23(35-27)25-24(20-10-6-12-22(16-20)28(29,30)31)36-26-21(11-7-15-37(25)26)17-33-40(2,38)39/h3-16,18,33H,17H2,1-2H3,(H,32,34,35)/t18-/m0/s1. The molecule has 1 atom stereocenters. The molecule has 0 amide bonds. The number of sulfonamides is 1. The summed E-state index contributed by atoms with van der Waals surface area (Å²) in [5.74, 6) is 0.327. The maximum atomic E-state index is 13.6. The van der Waals surface area contributed by atoms with Crippen molar-refractivity contribution in [3.63, 3.8) is 0 Å². The first kappa shape index (κ1) is 27.3. The minimum Gasteiger partial charge on any atom is -0.348 e. The lowest BCUT2D eigenvalue weighted by Crippen LogP contribution is -2.21. The normalized spacial score (nSPS) is 12.9. The van der Waals surface area contributed by atoms with E-state index in [0.717, 1.165) is 24.0 Å². The highest BCUT2D eigenvalue weighted by Crippen LogP contribution is 2.36. The zero-order chi connectivity index (χ0) is 28.5. The average Bonchev–Trinajstić information content (AvgIpc) is 3.32. The summed E-state index contributed by atoms with van der Waals surface area (Å²) in [7, 11) is -3.50. The van der Waals surface area contributed by atoms with Gasteiger partial charge >= 0.3 is 6.18 Å². The third-order valence-electron chi connectivity index (χ3n) is 6.26. The number of nitrogens with zero attached hydrogens (tertiary/aromatic N) is 4. The first-order valence-corrected chi connectivity index (χ1v) is 14.2. The Bertz CT molecular complexity index is 1770. The summed E-state index contributed by atoms with van der Waals surface area (Å²) < 4.78 is 68.4. The van der Waals surface area contributed by atoms with Gasteiger partial charge in [0.1, 0.15) is 5.65 Å². The Labute approximate surface area is 229 Å². The lowest BCUT2D eigenvalue weighted by atomic mass is 10.0. The van der Waals surface area contributed by atoms with Crippen LogP contribution >= 0.6 is 0 Å². The molecule has 0 unspecified atom stereocenters. The Balaban J connectivity index is 1.65. The number of hydrogen-bond acceptors (Lipinski definition) is 6. The minimum atomic E-state index is -4.54. The molecule has 12 heteroatoms. The molecule has 5 aromatic rings. The second-order valence-electron chi connectivity index (χ2n) is 9.25. The fourth-order valence-electron chi connectivity index (χ4n) is 4.34. The Morgan fingerprint density at radius 1 is 0.975 bits per heavy atom. The van der Waals surface area contributed by atoms with Crippen LogP contribution in [0.3, 0.4) is 0 Å². The fraction of sp³-hybridized carbons (Fsp3) is 0.179. The zero-order valence-electron chi connectivity index (χ0n) is 21.5. The summed E-state index contributed by atoms with van der Waals surface area (Å²) in [6, 6.07) is 19.6. The molecular weight excluding hydrogens is 541 g/mol. The van der Waals surface area contributed by atoms with Gasteiger partial charge in [-0.3, -0.25) is 4.40 Å². The van der Waals surface area contributed by atoms with Crippen molar-refractivity contribution in [1.82, 2.24) is 24.1 Å². The summed E-state index contributed by atoms with van der Waals surface area (Å²) >= 11 is 0. The highest BCUT2D eigenvalue weighted by Gasteiger charge is 2.31. The molecule has 40 heavy (non-hydrogen) atoms. The lowest BCUT2D eigenvalue weighted by molar-refractivity contribution is -0.137. The van der Waals surface area contributed by atoms with Crippen LogP contribution in [-0.4, -0.2) is 34.0 Å². The van der Waals surface area contributed by atoms with Crippen LogP contribution in [-0.2, 0) is 22.7 Å². The summed E-state index contributed by atoms with van der Waals surface area (Å²) in [5, 5.41) is 3.27. The molecule has 0 bridgehead atoms. The molecule has 0 fully saturated rings. The van der Waals surface area contributed by atoms with Crippen molar-refractivity contribution < 1.29 is 21.6 Å². The quantitative estimate of drug-likeness (QED) is 0.250. The van der Waals surface area contributed by atoms with Gasteiger partial charge in [0.2, 0.25) is 16.0 Å². The van der Waals surface area contributed by atoms with Gasteiger partial charge in [-0.25, -0.2) is 28.1 Å². The highest BCUT2D eigenvalue weighted by atomic mass is 32.2. The maximum absolute atomic E-state index is 13.6. The molecule has 5 rings (SSSR count). The van der Waals surface area contributed by atoms with Crippen molar-refractivity contribution in [2.45, 2.75) is 25.7 Å². The van der Waals surface area contributed by atoms with E-state index >= 15 is 0 Å². The van der Waals surface area contributed by atoms with E-state index in [1.165, 1.54) is 6.07 Å². The fourth-order valence-corrected chi connectivity index (χ4v) is 4.76. The molecule has 0 saturated carbocycles. The van der Waals surface area contributed by atoms with Crippen LogP contribution in [0.2, 0.25) is 0 Å². The lowest BCUT2D eigenvalue weighted by Gasteiger charge is -2.15. The molecule has 0 aliphatic rings. The van der Waals surface area contributed by atoms with Gasteiger partial charge in [-0.1, -0.05) is 48.5 Å². The van der Waals surface area contributed by atoms with Crippen LogP contribution in [0.15, 0.2) is 85.2 Å². The van der Waals surface area contributed by atoms with E-state index in [0.29, 0.717) is 28.5 Å². The Morgan fingerprint density at radius 3 is 2.48 bits per heavy atom. The van der Waals surface area contributed by atoms with Crippen LogP contribution in [0.25, 0.3) is 28.3 Å². The number of alkyl halides is 3. The molecule has 0 radical (unpaired) electrons. The number of imidazole rings is 1. The van der Waals surface area contributed by atoms with Crippen molar-refractivity contribution in [2.75, 3.05) is 11.6 Å². The SMILES string of the molecule is C[C@H](Nc1nccc(-c2c(-c3cccc(C(F)(F)F)c3)nc3c(CNS(C)(=O)=O)cccn23)n1)c1ccccc1. The van der Waals surface area contributed by atoms with Crippen molar-refractivity contribution in [3.8, 4) is 22.6 Å². The third-order valence-corrected chi connectivity index (χ3v) is 6.93. The summed E-state index contributed by atoms with van der Waals surface area (Å²) in [5.41, 5.74) is 2.50. The van der Waals surface area contributed by atoms with E-state index in [1.54, 1.807) is 41.1 Å². The monoisotopic (exact) mass is 566 g/mol. The summed E-state index contributed by atoms with van der Waals surface area (Å²) in [6.07, 6.45) is -0.225. The van der Waals surface area contributed by atoms with Gasteiger partial charge < -0.3 is 5.32 Å². The van der Waals surface area contributed by atoms with E-state index in [4.69, 9.17) is 4.98 Å². The van der Waals surface area contributed by atoms with Crippen molar-refractivity contribution in [2.24, 2.45) is 0 Å². The molecule has 3 heterocycles. The molecule has 0 aliphatic heterocycles. The number of rotatable bonds is 8. The summed E-state index contributed by atoms with van der Waals surface area (Å²) in [6.45, 7) is 1.92. The van der Waals surface area contributed by atoms with Crippen molar-refractivity contribution in [3.05, 3.63) is 102 Å². The van der Waals surface area contributed by atoms with Crippen LogP contribution in [0.1, 0.15) is 29.7 Å². The molecule has 0 spiro atoms. The van der Waals surface area contributed by atoms with Gasteiger partial charge in [0, 0.05) is 30.1 Å². The first-order chi connectivity index (χ1) is 19.0. The smallest absolute Gasteiger partial charge is 0.348 e. The zero-order valence-corrected chi connectivity index (χ0v) is 22.3. The number of aromatic nitrogens is 4. The second-order valence-corrected chi connectivity index (χ2v) is 11.1. The average molecular weight is 567 g/mol. The summed E-state index contributed by atoms with van der Waals surface area (Å²) in [4.78, 5) is 13.7. The van der Waals surface area contributed by atoms with Crippen LogP contribution < -0.4 is 10.0 Å². The van der Waals surface area contributed by atoms with E-state index < -0.39 is 21.8 Å². The predicted molar refractivity (Wildman–Crippen MR) is 147 cm³/mol. The highest BCUT2D eigenvalue weighted by molar-refractivity contribution is 7.88. The number of benzene rings is 2. The first-order valence-electron chi connectivity index (χ1n) is 12.3. The largest absolute Gasteiger partial charge is 0.416 e. The Hall–Kier alpha value is -4.29. The van der Waals surface area contributed by atoms with Gasteiger partial charge in [0.25, 0.3) is 0 Å². The van der Waals surface area contributed by atoms with Crippen molar-refractivity contribution >= 4 is 21.6 Å². The third kappa shape index (κ3) is 5.97. The number of halogens is 3. The number of pyridine rings is 1. The molecule has 8 nitrogen and oxygen atoms in total. The molecular formula is C28H25F3N6O2S. The van der Waals surface area contributed by atoms with Crippen LogP contribution in [0, 0.1) is 0 Å². The predicted octanol–water partition coefficient (Wildman–Crippen LogP) is 5.70. The Morgan fingerprint density at radius 2 is 1.75 bits per heavy atom. The van der Waals surface area contributed by atoms with Gasteiger partial charge in [0.05, 0.1) is 34.9 Å². The number of fused-ring (bicyclic) bond motifs is 1. The van der Waals surface area contributed by atoms with E-state index in [9.17, 15) is 21.6 Å². The van der Waals surface area contributed by atoms with Gasteiger partial charge in [-0.2, -0.15) is 13.2 Å². The molecule has 0 saturated heterocycles. The van der Waals surface area contributed by atoms with Crippen molar-refractivity contribution in [1.29, 1.82) is 0 Å². The van der Waals surface area contributed by atoms with Crippen LogP contribution in [0.5, 0.6) is 0 Å². The van der Waals surface area contributed by atoms with Gasteiger partial charge in [-0.05, 0) is 36.8 Å². The van der Waals surface area contributed by atoms with Crippen LogP contribution in [0.4, 0.5) is 19.1 Å². The molecule has 206 valence electrons. The second kappa shape index (κ2) is 10.7.